The monoisotopic (exact) mass is 546 g/mol. The Hall–Kier alpha value is -3.63. The van der Waals surface area contributed by atoms with Crippen molar-refractivity contribution in [1.82, 2.24) is 25.1 Å². The molecule has 10 heteroatoms. The Balaban J connectivity index is 1.44. The van der Waals surface area contributed by atoms with Crippen molar-refractivity contribution < 1.29 is 13.9 Å². The van der Waals surface area contributed by atoms with Crippen LogP contribution in [0.5, 0.6) is 0 Å². The molecule has 3 aromatic heterocycles. The van der Waals surface area contributed by atoms with Gasteiger partial charge in [-0.15, -0.1) is 21.5 Å². The Morgan fingerprint density at radius 3 is 2.77 bits per heavy atom. The van der Waals surface area contributed by atoms with Crippen LogP contribution in [-0.4, -0.2) is 57.8 Å². The van der Waals surface area contributed by atoms with Gasteiger partial charge in [-0.1, -0.05) is 44.2 Å². The van der Waals surface area contributed by atoms with E-state index in [1.807, 2.05) is 35.4 Å². The lowest BCUT2D eigenvalue weighted by atomic mass is 9.86. The third-order valence-corrected chi connectivity index (χ3v) is 7.90. The summed E-state index contributed by atoms with van der Waals surface area (Å²) in [4.78, 5) is 25.1. The molecule has 0 bridgehead atoms. The molecule has 1 aliphatic heterocycles. The first kappa shape index (κ1) is 27.0. The molecular formula is C29H34N6O3S. The molecule has 1 unspecified atom stereocenters. The lowest BCUT2D eigenvalue weighted by Crippen LogP contribution is -2.30. The molecule has 1 atom stereocenters. The number of anilines is 1. The third-order valence-electron chi connectivity index (χ3n) is 6.83. The van der Waals surface area contributed by atoms with Crippen LogP contribution in [0.15, 0.2) is 52.3 Å². The number of benzene rings is 1. The summed E-state index contributed by atoms with van der Waals surface area (Å²) in [6.45, 7) is 7.88. The van der Waals surface area contributed by atoms with Gasteiger partial charge in [0.15, 0.2) is 0 Å². The van der Waals surface area contributed by atoms with Gasteiger partial charge >= 0.3 is 0 Å². The number of carbonyl (C=O) groups excluding carboxylic acids is 1. The van der Waals surface area contributed by atoms with Crippen molar-refractivity contribution in [1.29, 1.82) is 0 Å². The molecular weight excluding hydrogens is 512 g/mol. The summed E-state index contributed by atoms with van der Waals surface area (Å²) in [5.74, 6) is 1.29. The van der Waals surface area contributed by atoms with Gasteiger partial charge < -0.3 is 19.4 Å². The van der Waals surface area contributed by atoms with E-state index in [4.69, 9.17) is 14.1 Å². The van der Waals surface area contributed by atoms with Crippen molar-refractivity contribution in [3.63, 3.8) is 0 Å². The Labute approximate surface area is 232 Å². The Bertz CT molecular complexity index is 1420. The summed E-state index contributed by atoms with van der Waals surface area (Å²) >= 11 is 1.61. The van der Waals surface area contributed by atoms with Crippen LogP contribution >= 0.6 is 11.3 Å². The quantitative estimate of drug-likeness (QED) is 0.262. The minimum absolute atomic E-state index is 0.0218. The number of aromatic nitrogens is 4. The maximum absolute atomic E-state index is 13.8. The second-order valence-corrected chi connectivity index (χ2v) is 11.4. The van der Waals surface area contributed by atoms with Gasteiger partial charge in [0.2, 0.25) is 5.89 Å². The molecule has 0 spiro atoms. The van der Waals surface area contributed by atoms with Crippen LogP contribution in [0.25, 0.3) is 11.6 Å². The van der Waals surface area contributed by atoms with Crippen molar-refractivity contribution in [2.45, 2.75) is 51.5 Å². The summed E-state index contributed by atoms with van der Waals surface area (Å²) in [5.41, 5.74) is 2.76. The number of ether oxygens (including phenoxy) is 1. The molecule has 204 valence electrons. The van der Waals surface area contributed by atoms with E-state index in [0.29, 0.717) is 42.7 Å². The first-order valence-electron chi connectivity index (χ1n) is 13.2. The summed E-state index contributed by atoms with van der Waals surface area (Å²) in [6.07, 6.45) is 2.59. The minimum Gasteiger partial charge on any atom is -0.419 e. The zero-order valence-corrected chi connectivity index (χ0v) is 23.6. The van der Waals surface area contributed by atoms with E-state index in [1.54, 1.807) is 30.6 Å². The number of nitrogens with one attached hydrogen (secondary N) is 1. The summed E-state index contributed by atoms with van der Waals surface area (Å²) in [6, 6.07) is 13.7. The average Bonchev–Trinajstić information content (AvgIpc) is 3.69. The lowest BCUT2D eigenvalue weighted by Gasteiger charge is -2.23. The standard InChI is InChI=1S/C29H34N6O3S/c1-19-18-39-26(31-19)23-11-8-13-35(23)27(36)21-15-22(32-24(16-21)30-12-14-37-4)25-33-34-28(38-25)29(2,3)17-20-9-6-5-7-10-20/h5-7,9-10,15-16,18,23H,8,11-14,17H2,1-4H3,(H,30,32). The Morgan fingerprint density at radius 1 is 1.21 bits per heavy atom. The van der Waals surface area contributed by atoms with Crippen LogP contribution in [0.1, 0.15) is 65.2 Å². The van der Waals surface area contributed by atoms with Crippen molar-refractivity contribution in [2.75, 3.05) is 32.1 Å². The number of carbonyl (C=O) groups is 1. The maximum Gasteiger partial charge on any atom is 0.266 e. The highest BCUT2D eigenvalue weighted by Crippen LogP contribution is 2.36. The average molecular weight is 547 g/mol. The minimum atomic E-state index is -0.381. The number of nitrogens with zero attached hydrogens (tertiary/aromatic N) is 5. The van der Waals surface area contributed by atoms with E-state index in [2.05, 4.69) is 46.5 Å². The molecule has 39 heavy (non-hydrogen) atoms. The first-order chi connectivity index (χ1) is 18.8. The fraction of sp³-hybridized carbons (Fsp3) is 0.414. The SMILES string of the molecule is COCCNc1cc(C(=O)N2CCCC2c2nc(C)cs2)cc(-c2nnc(C(C)(C)Cc3ccccc3)o2)n1. The number of methoxy groups -OCH3 is 1. The van der Waals surface area contributed by atoms with Crippen molar-refractivity contribution in [3.8, 4) is 11.6 Å². The van der Waals surface area contributed by atoms with Gasteiger partial charge in [0.25, 0.3) is 11.8 Å². The summed E-state index contributed by atoms with van der Waals surface area (Å²) in [7, 11) is 1.64. The van der Waals surface area contributed by atoms with Crippen LogP contribution in [0, 0.1) is 6.92 Å². The number of thiazole rings is 1. The van der Waals surface area contributed by atoms with E-state index >= 15 is 0 Å². The molecule has 1 N–H and O–H groups in total. The molecule has 4 aromatic rings. The molecule has 4 heterocycles. The van der Waals surface area contributed by atoms with E-state index in [9.17, 15) is 4.79 Å². The summed E-state index contributed by atoms with van der Waals surface area (Å²) in [5, 5.41) is 15.0. The molecule has 1 aliphatic rings. The second-order valence-electron chi connectivity index (χ2n) is 10.5. The highest BCUT2D eigenvalue weighted by Gasteiger charge is 2.33. The van der Waals surface area contributed by atoms with Gasteiger partial charge in [-0.25, -0.2) is 9.97 Å². The topological polar surface area (TPSA) is 106 Å². The maximum atomic E-state index is 13.8. The van der Waals surface area contributed by atoms with Crippen LogP contribution in [0.2, 0.25) is 0 Å². The number of hydrogen-bond donors (Lipinski definition) is 1. The summed E-state index contributed by atoms with van der Waals surface area (Å²) < 4.78 is 11.4. The third kappa shape index (κ3) is 6.17. The molecule has 0 radical (unpaired) electrons. The van der Waals surface area contributed by atoms with Crippen LogP contribution in [-0.2, 0) is 16.6 Å². The van der Waals surface area contributed by atoms with Crippen molar-refractivity contribution >= 4 is 23.1 Å². The number of likely N-dealkylation sites (tertiary alicyclic amines) is 1. The highest BCUT2D eigenvalue weighted by molar-refractivity contribution is 7.09. The van der Waals surface area contributed by atoms with E-state index in [1.165, 1.54) is 5.56 Å². The number of amides is 1. The van der Waals surface area contributed by atoms with Gasteiger partial charge in [-0.2, -0.15) is 0 Å². The number of rotatable bonds is 10. The van der Waals surface area contributed by atoms with Gasteiger partial charge in [0.1, 0.15) is 16.5 Å². The second kappa shape index (κ2) is 11.6. The molecule has 0 saturated carbocycles. The fourth-order valence-electron chi connectivity index (χ4n) is 4.87. The number of aryl methyl sites for hydroxylation is 1. The highest BCUT2D eigenvalue weighted by atomic mass is 32.1. The van der Waals surface area contributed by atoms with Gasteiger partial charge in [-0.05, 0) is 43.9 Å². The number of pyridine rings is 1. The molecule has 1 saturated heterocycles. The predicted molar refractivity (Wildman–Crippen MR) is 151 cm³/mol. The van der Waals surface area contributed by atoms with E-state index < -0.39 is 0 Å². The predicted octanol–water partition coefficient (Wildman–Crippen LogP) is 5.45. The molecule has 1 amide bonds. The van der Waals surface area contributed by atoms with E-state index in [0.717, 1.165) is 30.0 Å². The van der Waals surface area contributed by atoms with Gasteiger partial charge in [-0.3, -0.25) is 4.79 Å². The molecule has 1 fully saturated rings. The number of hydrogen-bond acceptors (Lipinski definition) is 9. The molecule has 9 nitrogen and oxygen atoms in total. The zero-order valence-electron chi connectivity index (χ0n) is 22.8. The lowest BCUT2D eigenvalue weighted by molar-refractivity contribution is 0.0735. The van der Waals surface area contributed by atoms with Crippen LogP contribution in [0.3, 0.4) is 0 Å². The normalized spacial score (nSPS) is 15.6. The molecule has 0 aliphatic carbocycles. The van der Waals surface area contributed by atoms with Gasteiger partial charge in [0, 0.05) is 42.3 Å². The fourth-order valence-corrected chi connectivity index (χ4v) is 5.82. The smallest absolute Gasteiger partial charge is 0.266 e. The van der Waals surface area contributed by atoms with Crippen LogP contribution in [0.4, 0.5) is 5.82 Å². The Morgan fingerprint density at radius 2 is 2.03 bits per heavy atom. The van der Waals surface area contributed by atoms with Gasteiger partial charge in [0.05, 0.1) is 12.6 Å². The van der Waals surface area contributed by atoms with Crippen molar-refractivity contribution in [3.05, 3.63) is 75.6 Å². The Kier molecular flexibility index (Phi) is 8.04. The first-order valence-corrected chi connectivity index (χ1v) is 14.1. The molecule has 1 aromatic carbocycles. The molecule has 5 rings (SSSR count). The zero-order chi connectivity index (χ0) is 27.4. The largest absolute Gasteiger partial charge is 0.419 e. The van der Waals surface area contributed by atoms with E-state index in [-0.39, 0.29) is 23.3 Å². The van der Waals surface area contributed by atoms with Crippen LogP contribution < -0.4 is 5.32 Å². The van der Waals surface area contributed by atoms with Crippen molar-refractivity contribution in [2.24, 2.45) is 0 Å².